The molecular weight excluding hydrogens is 164 g/mol. The van der Waals surface area contributed by atoms with Crippen molar-refractivity contribution in [2.45, 2.75) is 18.9 Å². The number of hydrogen-bond acceptors (Lipinski definition) is 4. The zero-order chi connectivity index (χ0) is 8.10. The molecule has 4 heteroatoms. The Morgan fingerprint density at radius 3 is 3.00 bits per heavy atom. The normalized spacial score (nSPS) is 21.4. The van der Waals surface area contributed by atoms with Crippen LogP contribution in [0.25, 0.3) is 0 Å². The minimum atomic E-state index is -0.144. The number of thiol groups is 1. The predicted octanol–water partition coefficient (Wildman–Crippen LogP) is 0.638. The van der Waals surface area contributed by atoms with Crippen LogP contribution in [0, 0.1) is 0 Å². The SMILES string of the molecule is O=C(CCCS)OCC1CO1. The number of carbonyl (C=O) groups excluding carboxylic acids is 1. The van der Waals surface area contributed by atoms with Crippen molar-refractivity contribution in [3.8, 4) is 0 Å². The summed E-state index contributed by atoms with van der Waals surface area (Å²) in [5.74, 6) is 0.587. The average molecular weight is 176 g/mol. The van der Waals surface area contributed by atoms with E-state index in [1.54, 1.807) is 0 Å². The Labute approximate surface area is 71.5 Å². The van der Waals surface area contributed by atoms with Gasteiger partial charge in [0.25, 0.3) is 0 Å². The number of ether oxygens (including phenoxy) is 2. The van der Waals surface area contributed by atoms with Crippen LogP contribution in [0.3, 0.4) is 0 Å². The summed E-state index contributed by atoms with van der Waals surface area (Å²) in [5, 5.41) is 0. The Kier molecular flexibility index (Phi) is 3.72. The van der Waals surface area contributed by atoms with Gasteiger partial charge >= 0.3 is 5.97 Å². The Hall–Kier alpha value is -0.220. The first-order chi connectivity index (χ1) is 5.33. The fourth-order valence-electron chi connectivity index (χ4n) is 0.646. The van der Waals surface area contributed by atoms with Crippen LogP contribution in [0.4, 0.5) is 0 Å². The zero-order valence-electron chi connectivity index (χ0n) is 6.28. The molecule has 0 spiro atoms. The van der Waals surface area contributed by atoms with Gasteiger partial charge in [-0.1, -0.05) is 0 Å². The minimum absolute atomic E-state index is 0.144. The van der Waals surface area contributed by atoms with Gasteiger partial charge in [0, 0.05) is 6.42 Å². The topological polar surface area (TPSA) is 38.8 Å². The van der Waals surface area contributed by atoms with Gasteiger partial charge in [-0.2, -0.15) is 12.6 Å². The summed E-state index contributed by atoms with van der Waals surface area (Å²) < 4.78 is 9.74. The first-order valence-corrected chi connectivity index (χ1v) is 4.34. The summed E-state index contributed by atoms with van der Waals surface area (Å²) in [6.07, 6.45) is 1.43. The largest absolute Gasteiger partial charge is 0.463 e. The first kappa shape index (κ1) is 8.87. The highest BCUT2D eigenvalue weighted by molar-refractivity contribution is 7.80. The molecule has 0 aromatic heterocycles. The highest BCUT2D eigenvalue weighted by Crippen LogP contribution is 2.09. The molecule has 64 valence electrons. The molecule has 0 aromatic rings. The number of epoxide rings is 1. The zero-order valence-corrected chi connectivity index (χ0v) is 7.18. The van der Waals surface area contributed by atoms with Crippen molar-refractivity contribution in [2.24, 2.45) is 0 Å². The maximum Gasteiger partial charge on any atom is 0.305 e. The van der Waals surface area contributed by atoms with E-state index in [0.29, 0.717) is 13.0 Å². The van der Waals surface area contributed by atoms with Crippen LogP contribution < -0.4 is 0 Å². The van der Waals surface area contributed by atoms with Crippen LogP contribution in [0.15, 0.2) is 0 Å². The van der Waals surface area contributed by atoms with Crippen LogP contribution >= 0.6 is 12.6 Å². The van der Waals surface area contributed by atoms with Gasteiger partial charge in [0.2, 0.25) is 0 Å². The van der Waals surface area contributed by atoms with E-state index in [9.17, 15) is 4.79 Å². The summed E-state index contributed by atoms with van der Waals surface area (Å²) in [6, 6.07) is 0. The van der Waals surface area contributed by atoms with Crippen molar-refractivity contribution in [2.75, 3.05) is 19.0 Å². The molecule has 0 saturated carbocycles. The van der Waals surface area contributed by atoms with Gasteiger partial charge in [-0.25, -0.2) is 0 Å². The van der Waals surface area contributed by atoms with Crippen molar-refractivity contribution in [3.05, 3.63) is 0 Å². The second-order valence-corrected chi connectivity index (χ2v) is 2.91. The van der Waals surface area contributed by atoms with E-state index < -0.39 is 0 Å². The van der Waals surface area contributed by atoms with Gasteiger partial charge in [0.05, 0.1) is 6.61 Å². The van der Waals surface area contributed by atoms with Crippen molar-refractivity contribution >= 4 is 18.6 Å². The molecule has 0 amide bonds. The van der Waals surface area contributed by atoms with Gasteiger partial charge in [-0.15, -0.1) is 0 Å². The summed E-state index contributed by atoms with van der Waals surface area (Å²) in [5.41, 5.74) is 0. The van der Waals surface area contributed by atoms with E-state index in [0.717, 1.165) is 18.8 Å². The van der Waals surface area contributed by atoms with E-state index in [1.807, 2.05) is 0 Å². The molecule has 0 bridgehead atoms. The summed E-state index contributed by atoms with van der Waals surface area (Å²) in [7, 11) is 0. The van der Waals surface area contributed by atoms with Crippen LogP contribution in [-0.2, 0) is 14.3 Å². The van der Waals surface area contributed by atoms with E-state index in [4.69, 9.17) is 9.47 Å². The summed E-state index contributed by atoms with van der Waals surface area (Å²) in [6.45, 7) is 1.16. The molecule has 1 aliphatic heterocycles. The molecule has 0 aromatic carbocycles. The van der Waals surface area contributed by atoms with Crippen LogP contribution in [0.1, 0.15) is 12.8 Å². The molecule has 0 aliphatic carbocycles. The predicted molar refractivity (Wildman–Crippen MR) is 43.8 cm³/mol. The fourth-order valence-corrected chi connectivity index (χ4v) is 0.804. The second kappa shape index (κ2) is 4.62. The Bertz CT molecular complexity index is 134. The number of esters is 1. The van der Waals surface area contributed by atoms with Gasteiger partial charge in [-0.05, 0) is 12.2 Å². The van der Waals surface area contributed by atoms with Crippen molar-refractivity contribution in [1.29, 1.82) is 0 Å². The number of hydrogen-bond donors (Lipinski definition) is 1. The molecule has 3 nitrogen and oxygen atoms in total. The molecule has 1 aliphatic rings. The van der Waals surface area contributed by atoms with Crippen LogP contribution in [0.5, 0.6) is 0 Å². The third kappa shape index (κ3) is 4.27. The highest BCUT2D eigenvalue weighted by Gasteiger charge is 2.23. The van der Waals surface area contributed by atoms with E-state index in [2.05, 4.69) is 12.6 Å². The molecule has 1 unspecified atom stereocenters. The van der Waals surface area contributed by atoms with E-state index in [1.165, 1.54) is 0 Å². The molecule has 1 atom stereocenters. The van der Waals surface area contributed by atoms with Gasteiger partial charge in [0.15, 0.2) is 0 Å². The molecule has 0 N–H and O–H groups in total. The fraction of sp³-hybridized carbons (Fsp3) is 0.857. The van der Waals surface area contributed by atoms with Gasteiger partial charge in [0.1, 0.15) is 12.7 Å². The van der Waals surface area contributed by atoms with E-state index in [-0.39, 0.29) is 12.1 Å². The Morgan fingerprint density at radius 2 is 2.45 bits per heavy atom. The maximum atomic E-state index is 10.8. The molecule has 1 rings (SSSR count). The lowest BCUT2D eigenvalue weighted by Gasteiger charge is -2.00. The molecule has 11 heavy (non-hydrogen) atoms. The monoisotopic (exact) mass is 176 g/mol. The minimum Gasteiger partial charge on any atom is -0.463 e. The third-order valence-electron chi connectivity index (χ3n) is 1.37. The second-order valence-electron chi connectivity index (χ2n) is 2.47. The van der Waals surface area contributed by atoms with Crippen molar-refractivity contribution in [1.82, 2.24) is 0 Å². The van der Waals surface area contributed by atoms with Crippen molar-refractivity contribution in [3.63, 3.8) is 0 Å². The summed E-state index contributed by atoms with van der Waals surface area (Å²) >= 11 is 3.98. The number of carbonyl (C=O) groups is 1. The third-order valence-corrected chi connectivity index (χ3v) is 1.69. The van der Waals surface area contributed by atoms with Crippen LogP contribution in [0.2, 0.25) is 0 Å². The van der Waals surface area contributed by atoms with Gasteiger partial charge < -0.3 is 9.47 Å². The van der Waals surface area contributed by atoms with Crippen LogP contribution in [-0.4, -0.2) is 31.0 Å². The first-order valence-electron chi connectivity index (χ1n) is 3.71. The lowest BCUT2D eigenvalue weighted by molar-refractivity contribution is -0.144. The smallest absolute Gasteiger partial charge is 0.305 e. The Balaban J connectivity index is 1.91. The standard InChI is InChI=1S/C7H12O3S/c8-7(2-1-3-11)10-5-6-4-9-6/h6,11H,1-5H2. The quantitative estimate of drug-likeness (QED) is 0.379. The average Bonchev–Trinajstić information content (AvgIpc) is 2.80. The molecule has 1 heterocycles. The van der Waals surface area contributed by atoms with Gasteiger partial charge in [-0.3, -0.25) is 4.79 Å². The maximum absolute atomic E-state index is 10.8. The Morgan fingerprint density at radius 1 is 1.73 bits per heavy atom. The van der Waals surface area contributed by atoms with E-state index >= 15 is 0 Å². The lowest BCUT2D eigenvalue weighted by Crippen LogP contribution is -2.09. The lowest BCUT2D eigenvalue weighted by atomic mass is 10.3. The molecule has 1 fully saturated rings. The molecular formula is C7H12O3S. The molecule has 0 radical (unpaired) electrons. The highest BCUT2D eigenvalue weighted by atomic mass is 32.1. The molecule has 1 saturated heterocycles. The summed E-state index contributed by atoms with van der Waals surface area (Å²) in [4.78, 5) is 10.8. The van der Waals surface area contributed by atoms with Crippen molar-refractivity contribution < 1.29 is 14.3 Å². The number of rotatable bonds is 5.